The summed E-state index contributed by atoms with van der Waals surface area (Å²) in [5.74, 6) is -0.0508. The second-order valence-electron chi connectivity index (χ2n) is 4.08. The summed E-state index contributed by atoms with van der Waals surface area (Å²) >= 11 is 0. The lowest BCUT2D eigenvalue weighted by atomic mass is 10.1. The molecule has 0 spiro atoms. The van der Waals surface area contributed by atoms with E-state index in [1.165, 1.54) is 0 Å². The lowest BCUT2D eigenvalue weighted by Gasteiger charge is -2.12. The van der Waals surface area contributed by atoms with Gasteiger partial charge in [0.1, 0.15) is 5.56 Å². The zero-order valence-corrected chi connectivity index (χ0v) is 11.2. The van der Waals surface area contributed by atoms with Crippen LogP contribution in [0.3, 0.4) is 0 Å². The van der Waals surface area contributed by atoms with E-state index in [0.717, 1.165) is 19.3 Å². The van der Waals surface area contributed by atoms with Crippen LogP contribution in [0, 0.1) is 0 Å². The van der Waals surface area contributed by atoms with Gasteiger partial charge < -0.3 is 20.3 Å². The van der Waals surface area contributed by atoms with Gasteiger partial charge in [-0.3, -0.25) is 0 Å². The van der Waals surface area contributed by atoms with E-state index >= 15 is 0 Å². The molecule has 106 valence electrons. The van der Waals surface area contributed by atoms with Crippen LogP contribution in [0.2, 0.25) is 0 Å². The number of aliphatic hydroxyl groups is 1. The average molecular weight is 267 g/mol. The number of unbranched alkanes of at least 4 members (excludes halogenated alkanes) is 2. The lowest BCUT2D eigenvalue weighted by Crippen LogP contribution is -2.10. The molecule has 0 heterocycles. The first kappa shape index (κ1) is 15.3. The van der Waals surface area contributed by atoms with Crippen LogP contribution in [-0.4, -0.2) is 30.9 Å². The van der Waals surface area contributed by atoms with Gasteiger partial charge >= 0.3 is 5.97 Å². The van der Waals surface area contributed by atoms with E-state index in [1.807, 2.05) is 6.92 Å². The predicted molar refractivity (Wildman–Crippen MR) is 73.2 cm³/mol. The number of hydrogen-bond acceptors (Lipinski definition) is 5. The van der Waals surface area contributed by atoms with Crippen LogP contribution in [-0.2, 0) is 4.74 Å². The smallest absolute Gasteiger partial charge is 0.342 e. The molecule has 0 aromatic heterocycles. The number of nitrogens with two attached hydrogens (primary N) is 1. The number of anilines is 1. The van der Waals surface area contributed by atoms with Gasteiger partial charge in [0.05, 0.1) is 18.9 Å². The monoisotopic (exact) mass is 267 g/mol. The number of aliphatic hydroxyl groups excluding tert-OH is 1. The van der Waals surface area contributed by atoms with Crippen LogP contribution in [0.5, 0.6) is 5.75 Å². The van der Waals surface area contributed by atoms with Crippen LogP contribution >= 0.6 is 0 Å². The second kappa shape index (κ2) is 8.37. The highest BCUT2D eigenvalue weighted by molar-refractivity contribution is 5.94. The second-order valence-corrected chi connectivity index (χ2v) is 4.08. The molecule has 0 unspecified atom stereocenters. The molecular weight excluding hydrogens is 246 g/mol. The SMILES string of the molecule is CCOc1c(N)cccc1C(=O)OCCCCCO. The van der Waals surface area contributed by atoms with Gasteiger partial charge in [-0.05, 0) is 38.3 Å². The van der Waals surface area contributed by atoms with E-state index in [-0.39, 0.29) is 6.61 Å². The fourth-order valence-corrected chi connectivity index (χ4v) is 1.65. The van der Waals surface area contributed by atoms with E-state index in [1.54, 1.807) is 18.2 Å². The fraction of sp³-hybridized carbons (Fsp3) is 0.500. The molecule has 19 heavy (non-hydrogen) atoms. The van der Waals surface area contributed by atoms with Gasteiger partial charge in [-0.25, -0.2) is 4.79 Å². The maximum absolute atomic E-state index is 11.9. The van der Waals surface area contributed by atoms with Crippen LogP contribution in [0.1, 0.15) is 36.5 Å². The molecule has 0 radical (unpaired) electrons. The third kappa shape index (κ3) is 4.79. The Morgan fingerprint density at radius 3 is 2.79 bits per heavy atom. The Morgan fingerprint density at radius 1 is 1.32 bits per heavy atom. The zero-order chi connectivity index (χ0) is 14.1. The van der Waals surface area contributed by atoms with Gasteiger partial charge in [-0.1, -0.05) is 6.07 Å². The van der Waals surface area contributed by atoms with Gasteiger partial charge in [0.2, 0.25) is 0 Å². The topological polar surface area (TPSA) is 81.8 Å². The first-order chi connectivity index (χ1) is 9.20. The minimum atomic E-state index is -0.431. The third-order valence-electron chi connectivity index (χ3n) is 2.59. The Hall–Kier alpha value is -1.75. The molecule has 0 saturated heterocycles. The summed E-state index contributed by atoms with van der Waals surface area (Å²) < 4.78 is 10.5. The number of nitrogen functional groups attached to an aromatic ring is 1. The van der Waals surface area contributed by atoms with Crippen LogP contribution < -0.4 is 10.5 Å². The molecule has 5 nitrogen and oxygen atoms in total. The van der Waals surface area contributed by atoms with Crippen molar-refractivity contribution in [2.75, 3.05) is 25.6 Å². The lowest BCUT2D eigenvalue weighted by molar-refractivity contribution is 0.0492. The van der Waals surface area contributed by atoms with Crippen LogP contribution in [0.4, 0.5) is 5.69 Å². The maximum atomic E-state index is 11.9. The number of ether oxygens (including phenoxy) is 2. The standard InChI is InChI=1S/C14H21NO4/c1-2-18-13-11(7-6-8-12(13)15)14(17)19-10-5-3-4-9-16/h6-8,16H,2-5,9-10,15H2,1H3. The summed E-state index contributed by atoms with van der Waals surface area (Å²) in [6.07, 6.45) is 2.29. The molecule has 0 saturated carbocycles. The molecule has 0 atom stereocenters. The van der Waals surface area contributed by atoms with Crippen LogP contribution in [0.25, 0.3) is 0 Å². The highest BCUT2D eigenvalue weighted by Gasteiger charge is 2.15. The molecule has 0 aliphatic rings. The van der Waals surface area contributed by atoms with Crippen molar-refractivity contribution in [1.82, 2.24) is 0 Å². The Kier molecular flexibility index (Phi) is 6.74. The van der Waals surface area contributed by atoms with Crippen molar-refractivity contribution >= 4 is 11.7 Å². The largest absolute Gasteiger partial charge is 0.491 e. The molecule has 0 bridgehead atoms. The first-order valence-corrected chi connectivity index (χ1v) is 6.50. The molecule has 1 rings (SSSR count). The van der Waals surface area contributed by atoms with Crippen molar-refractivity contribution in [3.05, 3.63) is 23.8 Å². The summed E-state index contributed by atoms with van der Waals surface area (Å²) in [6, 6.07) is 5.01. The van der Waals surface area contributed by atoms with E-state index in [4.69, 9.17) is 20.3 Å². The summed E-state index contributed by atoms with van der Waals surface area (Å²) in [4.78, 5) is 11.9. The third-order valence-corrected chi connectivity index (χ3v) is 2.59. The summed E-state index contributed by atoms with van der Waals surface area (Å²) in [5.41, 5.74) is 6.56. The normalized spacial score (nSPS) is 10.2. The first-order valence-electron chi connectivity index (χ1n) is 6.50. The number of carbonyl (C=O) groups excluding carboxylic acids is 1. The van der Waals surface area contributed by atoms with Gasteiger partial charge in [-0.2, -0.15) is 0 Å². The number of rotatable bonds is 8. The molecule has 0 aliphatic heterocycles. The summed E-state index contributed by atoms with van der Waals surface area (Å²) in [5, 5.41) is 8.64. The van der Waals surface area contributed by atoms with Crippen molar-refractivity contribution in [3.63, 3.8) is 0 Å². The van der Waals surface area contributed by atoms with Crippen molar-refractivity contribution in [3.8, 4) is 5.75 Å². The minimum Gasteiger partial charge on any atom is -0.491 e. The summed E-state index contributed by atoms with van der Waals surface area (Å²) in [7, 11) is 0. The van der Waals surface area contributed by atoms with Crippen molar-refractivity contribution in [2.45, 2.75) is 26.2 Å². The van der Waals surface area contributed by atoms with Gasteiger partial charge in [0.25, 0.3) is 0 Å². The number of hydrogen-bond donors (Lipinski definition) is 2. The molecule has 1 aromatic carbocycles. The molecule has 3 N–H and O–H groups in total. The Bertz CT molecular complexity index is 406. The molecular formula is C14H21NO4. The molecule has 0 aliphatic carbocycles. The number of benzene rings is 1. The van der Waals surface area contributed by atoms with E-state index < -0.39 is 5.97 Å². The highest BCUT2D eigenvalue weighted by Crippen LogP contribution is 2.27. The van der Waals surface area contributed by atoms with E-state index in [0.29, 0.717) is 30.2 Å². The number of esters is 1. The van der Waals surface area contributed by atoms with Gasteiger partial charge in [-0.15, -0.1) is 0 Å². The van der Waals surface area contributed by atoms with Crippen molar-refractivity contribution < 1.29 is 19.4 Å². The van der Waals surface area contributed by atoms with Crippen molar-refractivity contribution in [1.29, 1.82) is 0 Å². The van der Waals surface area contributed by atoms with Gasteiger partial charge in [0, 0.05) is 6.61 Å². The fourth-order valence-electron chi connectivity index (χ4n) is 1.65. The molecule has 1 aromatic rings. The van der Waals surface area contributed by atoms with E-state index in [2.05, 4.69) is 0 Å². The Morgan fingerprint density at radius 2 is 2.11 bits per heavy atom. The van der Waals surface area contributed by atoms with Crippen LogP contribution in [0.15, 0.2) is 18.2 Å². The number of para-hydroxylation sites is 1. The van der Waals surface area contributed by atoms with Gasteiger partial charge in [0.15, 0.2) is 5.75 Å². The number of carbonyl (C=O) groups is 1. The Labute approximate surface area is 113 Å². The molecule has 5 heteroatoms. The maximum Gasteiger partial charge on any atom is 0.342 e. The quantitative estimate of drug-likeness (QED) is 0.427. The Balaban J connectivity index is 2.58. The van der Waals surface area contributed by atoms with E-state index in [9.17, 15) is 4.79 Å². The predicted octanol–water partition coefficient (Wildman–Crippen LogP) is 1.99. The minimum absolute atomic E-state index is 0.164. The molecule has 0 amide bonds. The zero-order valence-electron chi connectivity index (χ0n) is 11.2. The van der Waals surface area contributed by atoms with Crippen molar-refractivity contribution in [2.24, 2.45) is 0 Å². The molecule has 0 fully saturated rings. The highest BCUT2D eigenvalue weighted by atomic mass is 16.5. The summed E-state index contributed by atoms with van der Waals surface area (Å²) in [6.45, 7) is 2.76. The average Bonchev–Trinajstić information content (AvgIpc) is 2.41.